The highest BCUT2D eigenvalue weighted by Crippen LogP contribution is 2.19. The van der Waals surface area contributed by atoms with Gasteiger partial charge in [-0.3, -0.25) is 9.69 Å². The predicted molar refractivity (Wildman–Crippen MR) is 96.1 cm³/mol. The lowest BCUT2D eigenvalue weighted by Gasteiger charge is -2.30. The van der Waals surface area contributed by atoms with Gasteiger partial charge in [-0.15, -0.1) is 0 Å². The first-order chi connectivity index (χ1) is 12.1. The van der Waals surface area contributed by atoms with Crippen LogP contribution in [0.4, 0.5) is 0 Å². The Morgan fingerprint density at radius 1 is 1.44 bits per heavy atom. The van der Waals surface area contributed by atoms with E-state index in [2.05, 4.69) is 15.3 Å². The van der Waals surface area contributed by atoms with Gasteiger partial charge in [0.15, 0.2) is 0 Å². The van der Waals surface area contributed by atoms with Crippen LogP contribution in [0.15, 0.2) is 24.3 Å². The summed E-state index contributed by atoms with van der Waals surface area (Å²) in [5.74, 6) is -0.218. The molecule has 1 aromatic heterocycles. The SMILES string of the molecule is CCOC(=O)[C@@H]1CCCN(Cn2nnn(-c3cccc(Cl)c3)c2=S)C1. The Bertz CT molecular complexity index is 806. The quantitative estimate of drug-likeness (QED) is 0.586. The van der Waals surface area contributed by atoms with Crippen LogP contribution in [0.2, 0.25) is 5.02 Å². The van der Waals surface area contributed by atoms with Crippen molar-refractivity contribution in [2.45, 2.75) is 26.4 Å². The molecule has 3 rings (SSSR count). The number of esters is 1. The number of rotatable bonds is 5. The summed E-state index contributed by atoms with van der Waals surface area (Å²) in [4.78, 5) is 14.1. The van der Waals surface area contributed by atoms with Crippen molar-refractivity contribution in [2.24, 2.45) is 5.92 Å². The second kappa shape index (κ2) is 8.07. The van der Waals surface area contributed by atoms with Crippen LogP contribution in [0, 0.1) is 10.7 Å². The molecule has 2 heterocycles. The van der Waals surface area contributed by atoms with Crippen LogP contribution in [0.1, 0.15) is 19.8 Å². The van der Waals surface area contributed by atoms with E-state index in [1.54, 1.807) is 21.5 Å². The van der Waals surface area contributed by atoms with Crippen LogP contribution in [0.25, 0.3) is 5.69 Å². The van der Waals surface area contributed by atoms with E-state index >= 15 is 0 Å². The minimum absolute atomic E-state index is 0.0918. The molecule has 7 nitrogen and oxygen atoms in total. The number of nitrogens with zero attached hydrogens (tertiary/aromatic N) is 5. The molecule has 0 radical (unpaired) electrons. The molecule has 25 heavy (non-hydrogen) atoms. The van der Waals surface area contributed by atoms with Crippen LogP contribution in [-0.2, 0) is 16.2 Å². The number of carbonyl (C=O) groups is 1. The zero-order valence-corrected chi connectivity index (χ0v) is 15.5. The van der Waals surface area contributed by atoms with E-state index in [4.69, 9.17) is 28.6 Å². The molecule has 9 heteroatoms. The number of carbonyl (C=O) groups excluding carboxylic acids is 1. The fourth-order valence-electron chi connectivity index (χ4n) is 2.96. The highest BCUT2D eigenvalue weighted by atomic mass is 35.5. The van der Waals surface area contributed by atoms with Crippen molar-refractivity contribution in [3.8, 4) is 5.69 Å². The summed E-state index contributed by atoms with van der Waals surface area (Å²) >= 11 is 11.5. The van der Waals surface area contributed by atoms with Crippen LogP contribution >= 0.6 is 23.8 Å². The molecule has 1 aromatic carbocycles. The van der Waals surface area contributed by atoms with Gasteiger partial charge in [0.2, 0.25) is 4.77 Å². The number of aromatic nitrogens is 4. The molecule has 0 amide bonds. The summed E-state index contributed by atoms with van der Waals surface area (Å²) in [5, 5.41) is 8.88. The molecule has 1 aliphatic rings. The molecule has 0 spiro atoms. The van der Waals surface area contributed by atoms with Crippen LogP contribution in [-0.4, -0.2) is 50.4 Å². The number of piperidine rings is 1. The molecule has 0 bridgehead atoms. The van der Waals surface area contributed by atoms with Crippen molar-refractivity contribution in [3.63, 3.8) is 0 Å². The first kappa shape index (κ1) is 18.0. The van der Waals surface area contributed by atoms with Crippen LogP contribution < -0.4 is 0 Å². The standard InChI is InChI=1S/C16H20ClN5O2S/c1-2-24-15(23)12-5-4-8-20(10-12)11-21-16(25)22(19-18-21)14-7-3-6-13(17)9-14/h3,6-7,9,12H,2,4-5,8,10-11H2,1H3/t12-/m1/s1. The van der Waals surface area contributed by atoms with E-state index in [-0.39, 0.29) is 11.9 Å². The van der Waals surface area contributed by atoms with Gasteiger partial charge in [-0.1, -0.05) is 17.7 Å². The van der Waals surface area contributed by atoms with E-state index in [1.807, 2.05) is 19.1 Å². The smallest absolute Gasteiger partial charge is 0.310 e. The molecule has 0 aliphatic carbocycles. The molecular formula is C16H20ClN5O2S. The fourth-order valence-corrected chi connectivity index (χ4v) is 3.38. The van der Waals surface area contributed by atoms with Crippen molar-refractivity contribution in [1.29, 1.82) is 0 Å². The van der Waals surface area contributed by atoms with Gasteiger partial charge in [0.05, 0.1) is 24.9 Å². The summed E-state index contributed by atoms with van der Waals surface area (Å²) in [6.45, 7) is 4.27. The highest BCUT2D eigenvalue weighted by molar-refractivity contribution is 7.71. The molecular weight excluding hydrogens is 362 g/mol. The number of benzene rings is 1. The van der Waals surface area contributed by atoms with Crippen molar-refractivity contribution < 1.29 is 9.53 Å². The molecule has 2 aromatic rings. The Kier molecular flexibility index (Phi) is 5.82. The molecule has 1 atom stereocenters. The van der Waals surface area contributed by atoms with Crippen molar-refractivity contribution >= 4 is 29.8 Å². The topological polar surface area (TPSA) is 65.2 Å². The highest BCUT2D eigenvalue weighted by Gasteiger charge is 2.27. The van der Waals surface area contributed by atoms with E-state index in [1.165, 1.54) is 0 Å². The monoisotopic (exact) mass is 381 g/mol. The lowest BCUT2D eigenvalue weighted by atomic mass is 9.99. The van der Waals surface area contributed by atoms with Gasteiger partial charge < -0.3 is 4.74 Å². The minimum atomic E-state index is -0.127. The Hall–Kier alpha value is -1.77. The van der Waals surface area contributed by atoms with Gasteiger partial charge in [-0.25, -0.2) is 4.68 Å². The summed E-state index contributed by atoms with van der Waals surface area (Å²) in [7, 11) is 0. The maximum absolute atomic E-state index is 12.0. The van der Waals surface area contributed by atoms with Crippen LogP contribution in [0.3, 0.4) is 0 Å². The molecule has 1 fully saturated rings. The minimum Gasteiger partial charge on any atom is -0.466 e. The zero-order valence-electron chi connectivity index (χ0n) is 14.0. The second-order valence-corrected chi connectivity index (χ2v) is 6.76. The third-order valence-corrected chi connectivity index (χ3v) is 4.77. The van der Waals surface area contributed by atoms with Gasteiger partial charge in [-0.05, 0) is 67.2 Å². The molecule has 0 unspecified atom stereocenters. The summed E-state index contributed by atoms with van der Waals surface area (Å²) in [6.07, 6.45) is 1.80. The number of halogens is 1. The number of hydrogen-bond donors (Lipinski definition) is 0. The van der Waals surface area contributed by atoms with Gasteiger partial charge in [-0.2, -0.15) is 4.68 Å². The van der Waals surface area contributed by atoms with E-state index in [0.717, 1.165) is 25.1 Å². The third-order valence-electron chi connectivity index (χ3n) is 4.15. The summed E-state index contributed by atoms with van der Waals surface area (Å²) in [5.41, 5.74) is 0.770. The Labute approximate surface area is 156 Å². The fraction of sp³-hybridized carbons (Fsp3) is 0.500. The number of hydrogen-bond acceptors (Lipinski definition) is 6. The first-order valence-corrected chi connectivity index (χ1v) is 9.05. The maximum Gasteiger partial charge on any atom is 0.310 e. The van der Waals surface area contributed by atoms with Crippen molar-refractivity contribution in [2.75, 3.05) is 19.7 Å². The van der Waals surface area contributed by atoms with Gasteiger partial charge in [0, 0.05) is 11.6 Å². The van der Waals surface area contributed by atoms with E-state index in [9.17, 15) is 4.79 Å². The van der Waals surface area contributed by atoms with E-state index in [0.29, 0.717) is 29.6 Å². The molecule has 1 saturated heterocycles. The molecule has 0 saturated carbocycles. The Morgan fingerprint density at radius 2 is 2.28 bits per heavy atom. The van der Waals surface area contributed by atoms with Gasteiger partial charge in [0.1, 0.15) is 0 Å². The van der Waals surface area contributed by atoms with Crippen molar-refractivity contribution in [1.82, 2.24) is 24.7 Å². The van der Waals surface area contributed by atoms with Crippen LogP contribution in [0.5, 0.6) is 0 Å². The molecule has 134 valence electrons. The second-order valence-electron chi connectivity index (χ2n) is 5.96. The average molecular weight is 382 g/mol. The third kappa shape index (κ3) is 4.26. The maximum atomic E-state index is 12.0. The Morgan fingerprint density at radius 3 is 3.04 bits per heavy atom. The average Bonchev–Trinajstić information content (AvgIpc) is 2.96. The van der Waals surface area contributed by atoms with E-state index < -0.39 is 0 Å². The predicted octanol–water partition coefficient (Wildman–Crippen LogP) is 2.68. The van der Waals surface area contributed by atoms with Crippen molar-refractivity contribution in [3.05, 3.63) is 34.1 Å². The normalized spacial score (nSPS) is 18.2. The number of tetrazole rings is 1. The Balaban J connectivity index is 1.71. The number of likely N-dealkylation sites (tertiary alicyclic amines) is 1. The van der Waals surface area contributed by atoms with Gasteiger partial charge in [0.25, 0.3) is 0 Å². The zero-order chi connectivity index (χ0) is 17.8. The lowest BCUT2D eigenvalue weighted by Crippen LogP contribution is -2.40. The largest absolute Gasteiger partial charge is 0.466 e. The number of ether oxygens (including phenoxy) is 1. The molecule has 0 N–H and O–H groups in total. The van der Waals surface area contributed by atoms with Gasteiger partial charge >= 0.3 is 5.97 Å². The summed E-state index contributed by atoms with van der Waals surface area (Å²) < 4.78 is 8.86. The summed E-state index contributed by atoms with van der Waals surface area (Å²) in [6, 6.07) is 7.29. The lowest BCUT2D eigenvalue weighted by molar-refractivity contribution is -0.150. The first-order valence-electron chi connectivity index (χ1n) is 8.26. The molecule has 1 aliphatic heterocycles.